The lowest BCUT2D eigenvalue weighted by molar-refractivity contribution is -0.262. The zero-order valence-electron chi connectivity index (χ0n) is 14.7. The molecular formula is C19H24O6. The monoisotopic (exact) mass is 348 g/mol. The number of carbonyl (C=O) groups excluding carboxylic acids is 2. The van der Waals surface area contributed by atoms with Crippen LogP contribution in [0.25, 0.3) is 0 Å². The van der Waals surface area contributed by atoms with Gasteiger partial charge in [-0.1, -0.05) is 26.0 Å². The Morgan fingerprint density at radius 1 is 1.16 bits per heavy atom. The molecule has 2 N–H and O–H groups in total. The number of aliphatic hydroxyl groups excluding tert-OH is 2. The van der Waals surface area contributed by atoms with Gasteiger partial charge in [-0.2, -0.15) is 0 Å². The number of fused-ring (bicyclic) bond motifs is 1. The molecule has 0 aromatic heterocycles. The molecular weight excluding hydrogens is 324 g/mol. The number of esters is 1. The minimum absolute atomic E-state index is 0.00739. The minimum atomic E-state index is -1.15. The Labute approximate surface area is 146 Å². The minimum Gasteiger partial charge on any atom is -0.484 e. The molecule has 25 heavy (non-hydrogen) atoms. The van der Waals surface area contributed by atoms with Gasteiger partial charge in [-0.15, -0.1) is 0 Å². The number of hydrogen-bond acceptors (Lipinski definition) is 6. The average molecular weight is 348 g/mol. The van der Waals surface area contributed by atoms with Crippen LogP contribution < -0.4 is 0 Å². The van der Waals surface area contributed by atoms with E-state index in [2.05, 4.69) is 0 Å². The van der Waals surface area contributed by atoms with E-state index in [1.807, 2.05) is 20.8 Å². The number of aliphatic hydroxyl groups is 2. The maximum atomic E-state index is 12.7. The van der Waals surface area contributed by atoms with Gasteiger partial charge in [0.15, 0.2) is 17.1 Å². The third-order valence-electron chi connectivity index (χ3n) is 6.67. The lowest BCUT2D eigenvalue weighted by Gasteiger charge is -2.59. The summed E-state index contributed by atoms with van der Waals surface area (Å²) < 4.78 is 11.8. The molecule has 5 bridgehead atoms. The van der Waals surface area contributed by atoms with Crippen molar-refractivity contribution >= 4 is 11.8 Å². The van der Waals surface area contributed by atoms with Gasteiger partial charge in [0.2, 0.25) is 0 Å². The van der Waals surface area contributed by atoms with Gasteiger partial charge in [0.05, 0.1) is 12.0 Å². The van der Waals surface area contributed by atoms with Crippen LogP contribution in [0.2, 0.25) is 0 Å². The standard InChI is InChI=1S/C19H24O6/c1-9-4-6-13(21)14-16-19(25-17(14)23)8-10(2)18(3,24-16)15(22)11(19)5-7-12(9)20/h5,7,9-12,15,20,22H,4,6,8H2,1-3H3/b7-5-/t9-,10-,11?,12-,15-,18-,19-/m1/s1. The Balaban J connectivity index is 1.93. The first-order valence-corrected chi connectivity index (χ1v) is 8.95. The summed E-state index contributed by atoms with van der Waals surface area (Å²) in [7, 11) is 0. The van der Waals surface area contributed by atoms with Crippen molar-refractivity contribution in [2.24, 2.45) is 17.8 Å². The van der Waals surface area contributed by atoms with E-state index in [4.69, 9.17) is 9.47 Å². The molecule has 7 atom stereocenters. The molecule has 3 heterocycles. The second-order valence-corrected chi connectivity index (χ2v) is 8.16. The van der Waals surface area contributed by atoms with E-state index in [1.54, 1.807) is 12.2 Å². The van der Waals surface area contributed by atoms with Crippen molar-refractivity contribution in [2.45, 2.75) is 63.4 Å². The van der Waals surface area contributed by atoms with Gasteiger partial charge in [0.1, 0.15) is 17.3 Å². The number of Topliss-reactive ketones (excluding diaryl/α,β-unsaturated/α-hetero) is 1. The van der Waals surface area contributed by atoms with E-state index >= 15 is 0 Å². The van der Waals surface area contributed by atoms with Crippen molar-refractivity contribution < 1.29 is 29.3 Å². The highest BCUT2D eigenvalue weighted by Crippen LogP contribution is 2.60. The highest BCUT2D eigenvalue weighted by molar-refractivity contribution is 6.19. The van der Waals surface area contributed by atoms with Crippen LogP contribution in [0.4, 0.5) is 0 Å². The first-order valence-electron chi connectivity index (χ1n) is 8.95. The normalized spacial score (nSPS) is 50.2. The van der Waals surface area contributed by atoms with Crippen molar-refractivity contribution in [1.29, 1.82) is 0 Å². The van der Waals surface area contributed by atoms with E-state index in [0.717, 1.165) is 0 Å². The molecule has 3 fully saturated rings. The first kappa shape index (κ1) is 16.8. The third-order valence-corrected chi connectivity index (χ3v) is 6.67. The maximum Gasteiger partial charge on any atom is 0.346 e. The summed E-state index contributed by atoms with van der Waals surface area (Å²) in [5.74, 6) is -1.40. The van der Waals surface area contributed by atoms with Gasteiger partial charge < -0.3 is 19.7 Å². The molecule has 0 aromatic carbocycles. The summed E-state index contributed by atoms with van der Waals surface area (Å²) in [5, 5.41) is 21.3. The van der Waals surface area contributed by atoms with Crippen molar-refractivity contribution in [2.75, 3.05) is 0 Å². The highest BCUT2D eigenvalue weighted by Gasteiger charge is 2.70. The molecule has 1 saturated carbocycles. The molecule has 2 saturated heterocycles. The fourth-order valence-electron chi connectivity index (χ4n) is 4.71. The lowest BCUT2D eigenvalue weighted by Crippen LogP contribution is -2.69. The topological polar surface area (TPSA) is 93.1 Å². The maximum absolute atomic E-state index is 12.7. The first-order chi connectivity index (χ1) is 11.7. The second kappa shape index (κ2) is 5.17. The zero-order chi connectivity index (χ0) is 18.1. The second-order valence-electron chi connectivity index (χ2n) is 8.16. The van der Waals surface area contributed by atoms with Crippen LogP contribution in [-0.4, -0.2) is 45.4 Å². The number of hydrogen-bond donors (Lipinski definition) is 2. The number of rotatable bonds is 0. The van der Waals surface area contributed by atoms with Crippen molar-refractivity contribution in [3.8, 4) is 0 Å². The van der Waals surface area contributed by atoms with E-state index in [-0.39, 0.29) is 35.4 Å². The summed E-state index contributed by atoms with van der Waals surface area (Å²) in [4.78, 5) is 25.2. The van der Waals surface area contributed by atoms with E-state index in [9.17, 15) is 19.8 Å². The Morgan fingerprint density at radius 2 is 1.88 bits per heavy atom. The van der Waals surface area contributed by atoms with Crippen molar-refractivity contribution in [3.63, 3.8) is 0 Å². The van der Waals surface area contributed by atoms with E-state index in [1.165, 1.54) is 0 Å². The molecule has 6 heteroatoms. The molecule has 5 aliphatic rings. The molecule has 6 nitrogen and oxygen atoms in total. The van der Waals surface area contributed by atoms with Gasteiger partial charge in [0.25, 0.3) is 0 Å². The van der Waals surface area contributed by atoms with Crippen LogP contribution in [0, 0.1) is 17.8 Å². The number of ether oxygens (including phenoxy) is 2. The quantitative estimate of drug-likeness (QED) is 0.389. The summed E-state index contributed by atoms with van der Waals surface area (Å²) >= 11 is 0. The molecule has 2 aliphatic carbocycles. The molecule has 136 valence electrons. The Hall–Kier alpha value is -1.66. The number of ketones is 1. The Morgan fingerprint density at radius 3 is 2.60 bits per heavy atom. The van der Waals surface area contributed by atoms with Gasteiger partial charge in [-0.3, -0.25) is 4.79 Å². The fraction of sp³-hybridized carbons (Fsp3) is 0.684. The summed E-state index contributed by atoms with van der Waals surface area (Å²) in [5.41, 5.74) is -2.06. The SMILES string of the molecule is C[C@@H]1CCC(=O)C2=C3O[C@]4(C)[C@H](C)C[C@@]3(OC2=O)C(/C=C\[C@H]1O)[C@H]4O. The summed E-state index contributed by atoms with van der Waals surface area (Å²) in [6.45, 7) is 5.62. The molecule has 5 rings (SSSR count). The molecule has 1 unspecified atom stereocenters. The van der Waals surface area contributed by atoms with Crippen molar-refractivity contribution in [3.05, 3.63) is 23.5 Å². The number of carbonyl (C=O) groups is 2. The predicted octanol–water partition coefficient (Wildman–Crippen LogP) is 1.26. The molecule has 0 radical (unpaired) electrons. The highest BCUT2D eigenvalue weighted by atomic mass is 16.6. The largest absolute Gasteiger partial charge is 0.484 e. The summed E-state index contributed by atoms with van der Waals surface area (Å²) in [6.07, 6.45) is 2.87. The van der Waals surface area contributed by atoms with Crippen LogP contribution >= 0.6 is 0 Å². The molecule has 1 spiro atoms. The molecule has 3 aliphatic heterocycles. The molecule has 0 aromatic rings. The van der Waals surface area contributed by atoms with Gasteiger partial charge in [-0.05, 0) is 19.3 Å². The fourth-order valence-corrected chi connectivity index (χ4v) is 4.71. The van der Waals surface area contributed by atoms with E-state index < -0.39 is 35.3 Å². The zero-order valence-corrected chi connectivity index (χ0v) is 14.7. The van der Waals surface area contributed by atoms with Crippen LogP contribution in [0.1, 0.15) is 40.0 Å². The van der Waals surface area contributed by atoms with Gasteiger partial charge in [-0.25, -0.2) is 4.79 Å². The van der Waals surface area contributed by atoms with E-state index in [0.29, 0.717) is 12.8 Å². The third kappa shape index (κ3) is 2.04. The summed E-state index contributed by atoms with van der Waals surface area (Å²) in [6, 6.07) is 0. The van der Waals surface area contributed by atoms with Crippen LogP contribution in [0.3, 0.4) is 0 Å². The van der Waals surface area contributed by atoms with Gasteiger partial charge >= 0.3 is 5.97 Å². The average Bonchev–Trinajstić information content (AvgIpc) is 2.82. The Bertz CT molecular complexity index is 709. The lowest BCUT2D eigenvalue weighted by atomic mass is 9.59. The Kier molecular flexibility index (Phi) is 3.48. The van der Waals surface area contributed by atoms with Crippen LogP contribution in [0.15, 0.2) is 23.5 Å². The van der Waals surface area contributed by atoms with Crippen molar-refractivity contribution in [1.82, 2.24) is 0 Å². The predicted molar refractivity (Wildman–Crippen MR) is 87.2 cm³/mol. The van der Waals surface area contributed by atoms with Gasteiger partial charge in [0, 0.05) is 18.8 Å². The van der Waals surface area contributed by atoms with Crippen LogP contribution in [-0.2, 0) is 19.1 Å². The molecule has 0 amide bonds. The van der Waals surface area contributed by atoms with Crippen LogP contribution in [0.5, 0.6) is 0 Å². The smallest absolute Gasteiger partial charge is 0.346 e.